The number of rotatable bonds is 6. The molecule has 9 nitrogen and oxygen atoms in total. The van der Waals surface area contributed by atoms with Crippen LogP contribution in [-0.2, 0) is 0 Å². The Morgan fingerprint density at radius 3 is 2.81 bits per heavy atom. The Balaban J connectivity index is 1.43. The fourth-order valence-corrected chi connectivity index (χ4v) is 3.25. The van der Waals surface area contributed by atoms with E-state index in [2.05, 4.69) is 20.5 Å². The van der Waals surface area contributed by atoms with Crippen LogP contribution in [0, 0.1) is 0 Å². The zero-order valence-electron chi connectivity index (χ0n) is 16.9. The van der Waals surface area contributed by atoms with Crippen LogP contribution in [0.2, 0.25) is 0 Å². The van der Waals surface area contributed by atoms with Crippen LogP contribution in [0.1, 0.15) is 0 Å². The molecule has 0 aliphatic carbocycles. The van der Waals surface area contributed by atoms with Crippen LogP contribution in [0.3, 0.4) is 0 Å². The van der Waals surface area contributed by atoms with Gasteiger partial charge in [0.1, 0.15) is 11.6 Å². The van der Waals surface area contributed by atoms with Gasteiger partial charge in [0.25, 0.3) is 5.89 Å². The van der Waals surface area contributed by atoms with Crippen molar-refractivity contribution in [3.63, 3.8) is 0 Å². The molecule has 4 aromatic rings. The van der Waals surface area contributed by atoms with Crippen LogP contribution < -0.4 is 24.4 Å². The minimum atomic E-state index is 0.225. The Kier molecular flexibility index (Phi) is 4.75. The molecule has 0 fully saturated rings. The highest BCUT2D eigenvalue weighted by atomic mass is 16.7. The number of ether oxygens (including phenoxy) is 3. The number of benzene rings is 2. The number of aromatic nitrogens is 3. The third-order valence-corrected chi connectivity index (χ3v) is 4.82. The number of anilines is 4. The standard InChI is InChI=1S/C22H19N5O4/c1-27(15-8-9-18-19(12-15)30-13-29-18)20-17(7-4-10-23-20)21-25-26-22(31-21)24-14-5-3-6-16(11-14)28-2/h3-12H,13H2,1-2H3,(H,24,26). The topological polar surface area (TPSA) is 94.8 Å². The monoisotopic (exact) mass is 417 g/mol. The molecular weight excluding hydrogens is 398 g/mol. The maximum Gasteiger partial charge on any atom is 0.320 e. The Labute approximate surface area is 178 Å². The van der Waals surface area contributed by atoms with Crippen LogP contribution in [0.5, 0.6) is 17.2 Å². The second kappa shape index (κ2) is 7.86. The molecule has 0 bridgehead atoms. The van der Waals surface area contributed by atoms with E-state index in [1.54, 1.807) is 13.3 Å². The molecule has 156 valence electrons. The minimum absolute atomic E-state index is 0.225. The van der Waals surface area contributed by atoms with E-state index in [4.69, 9.17) is 18.6 Å². The first kappa shape index (κ1) is 18.7. The fourth-order valence-electron chi connectivity index (χ4n) is 3.25. The number of fused-ring (bicyclic) bond motifs is 1. The summed E-state index contributed by atoms with van der Waals surface area (Å²) in [5.41, 5.74) is 2.37. The second-order valence-electron chi connectivity index (χ2n) is 6.74. The first-order valence-electron chi connectivity index (χ1n) is 9.54. The molecular formula is C22H19N5O4. The predicted octanol–water partition coefficient (Wildman–Crippen LogP) is 4.38. The summed E-state index contributed by atoms with van der Waals surface area (Å²) in [5, 5.41) is 11.4. The van der Waals surface area contributed by atoms with E-state index in [1.165, 1.54) is 0 Å². The van der Waals surface area contributed by atoms with Crippen molar-refractivity contribution in [2.75, 3.05) is 31.2 Å². The first-order chi connectivity index (χ1) is 15.2. The number of nitrogens with zero attached hydrogens (tertiary/aromatic N) is 4. The largest absolute Gasteiger partial charge is 0.497 e. The van der Waals surface area contributed by atoms with E-state index in [9.17, 15) is 0 Å². The van der Waals surface area contributed by atoms with Gasteiger partial charge in [0.05, 0.1) is 12.7 Å². The highest BCUT2D eigenvalue weighted by Crippen LogP contribution is 2.38. The van der Waals surface area contributed by atoms with Crippen molar-refractivity contribution < 1.29 is 18.6 Å². The Bertz CT molecular complexity index is 1230. The Morgan fingerprint density at radius 1 is 1.00 bits per heavy atom. The SMILES string of the molecule is COc1cccc(Nc2nnc(-c3cccnc3N(C)c3ccc4c(c3)OCO4)o2)c1. The van der Waals surface area contributed by atoms with Crippen molar-refractivity contribution in [1.82, 2.24) is 15.2 Å². The predicted molar refractivity (Wildman–Crippen MR) is 114 cm³/mol. The molecule has 2 aromatic heterocycles. The van der Waals surface area contributed by atoms with Crippen LogP contribution in [0.4, 0.5) is 23.2 Å². The molecule has 0 amide bonds. The van der Waals surface area contributed by atoms with E-state index >= 15 is 0 Å². The molecule has 0 spiro atoms. The van der Waals surface area contributed by atoms with Gasteiger partial charge in [-0.05, 0) is 36.4 Å². The summed E-state index contributed by atoms with van der Waals surface area (Å²) in [7, 11) is 3.53. The van der Waals surface area contributed by atoms with E-state index in [1.807, 2.05) is 66.5 Å². The lowest BCUT2D eigenvalue weighted by atomic mass is 10.2. The highest BCUT2D eigenvalue weighted by molar-refractivity contribution is 5.76. The Morgan fingerprint density at radius 2 is 1.90 bits per heavy atom. The number of nitrogens with one attached hydrogen (secondary N) is 1. The molecule has 1 aliphatic heterocycles. The van der Waals surface area contributed by atoms with E-state index in [0.29, 0.717) is 23.0 Å². The average Bonchev–Trinajstić information content (AvgIpc) is 3.47. The molecule has 31 heavy (non-hydrogen) atoms. The zero-order valence-corrected chi connectivity index (χ0v) is 16.9. The summed E-state index contributed by atoms with van der Waals surface area (Å²) < 4.78 is 22.0. The van der Waals surface area contributed by atoms with Gasteiger partial charge in [-0.25, -0.2) is 4.98 Å². The number of hydrogen-bond donors (Lipinski definition) is 1. The van der Waals surface area contributed by atoms with Crippen molar-refractivity contribution in [3.8, 4) is 28.7 Å². The molecule has 0 atom stereocenters. The smallest absolute Gasteiger partial charge is 0.320 e. The summed E-state index contributed by atoms with van der Waals surface area (Å²) in [6.07, 6.45) is 1.72. The summed E-state index contributed by atoms with van der Waals surface area (Å²) in [6, 6.07) is 17.2. The molecule has 1 aliphatic rings. The van der Waals surface area contributed by atoms with E-state index in [-0.39, 0.29) is 12.8 Å². The van der Waals surface area contributed by atoms with Crippen molar-refractivity contribution in [2.24, 2.45) is 0 Å². The van der Waals surface area contributed by atoms with Gasteiger partial charge in [-0.2, -0.15) is 0 Å². The van der Waals surface area contributed by atoms with Gasteiger partial charge in [0, 0.05) is 36.8 Å². The summed E-state index contributed by atoms with van der Waals surface area (Å²) >= 11 is 0. The zero-order chi connectivity index (χ0) is 21.2. The van der Waals surface area contributed by atoms with Gasteiger partial charge >= 0.3 is 6.01 Å². The van der Waals surface area contributed by atoms with Crippen molar-refractivity contribution in [2.45, 2.75) is 0 Å². The quantitative estimate of drug-likeness (QED) is 0.490. The maximum atomic E-state index is 5.86. The lowest BCUT2D eigenvalue weighted by Crippen LogP contribution is -2.12. The lowest BCUT2D eigenvalue weighted by Gasteiger charge is -2.20. The van der Waals surface area contributed by atoms with Gasteiger partial charge in [0.15, 0.2) is 11.5 Å². The van der Waals surface area contributed by atoms with Gasteiger partial charge in [-0.3, -0.25) is 0 Å². The summed E-state index contributed by atoms with van der Waals surface area (Å²) in [6.45, 7) is 0.225. The normalized spacial score (nSPS) is 11.9. The Hall–Kier alpha value is -4.27. The average molecular weight is 417 g/mol. The molecule has 0 saturated heterocycles. The molecule has 3 heterocycles. The number of methoxy groups -OCH3 is 1. The van der Waals surface area contributed by atoms with Gasteiger partial charge in [-0.1, -0.05) is 11.2 Å². The highest BCUT2D eigenvalue weighted by Gasteiger charge is 2.20. The molecule has 5 rings (SSSR count). The van der Waals surface area contributed by atoms with Crippen LogP contribution >= 0.6 is 0 Å². The number of hydrogen-bond acceptors (Lipinski definition) is 9. The molecule has 0 unspecified atom stereocenters. The van der Waals surface area contributed by atoms with Gasteiger partial charge in [0.2, 0.25) is 6.79 Å². The van der Waals surface area contributed by atoms with E-state index < -0.39 is 0 Å². The molecule has 0 saturated carbocycles. The number of pyridine rings is 1. The molecule has 2 aromatic carbocycles. The van der Waals surface area contributed by atoms with Crippen molar-refractivity contribution in [1.29, 1.82) is 0 Å². The first-order valence-corrected chi connectivity index (χ1v) is 9.54. The third-order valence-electron chi connectivity index (χ3n) is 4.82. The maximum absolute atomic E-state index is 5.86. The van der Waals surface area contributed by atoms with E-state index in [0.717, 1.165) is 22.9 Å². The summed E-state index contributed by atoms with van der Waals surface area (Å²) in [4.78, 5) is 6.46. The van der Waals surface area contributed by atoms with Crippen LogP contribution in [-0.4, -0.2) is 36.1 Å². The van der Waals surface area contributed by atoms with Crippen LogP contribution in [0.15, 0.2) is 65.2 Å². The molecule has 1 N–H and O–H groups in total. The third kappa shape index (κ3) is 3.68. The van der Waals surface area contributed by atoms with Gasteiger partial charge in [-0.15, -0.1) is 5.10 Å². The second-order valence-corrected chi connectivity index (χ2v) is 6.74. The lowest BCUT2D eigenvalue weighted by molar-refractivity contribution is 0.174. The molecule has 0 radical (unpaired) electrons. The van der Waals surface area contributed by atoms with Crippen molar-refractivity contribution >= 4 is 23.2 Å². The summed E-state index contributed by atoms with van der Waals surface area (Å²) in [5.74, 6) is 3.16. The van der Waals surface area contributed by atoms with Crippen molar-refractivity contribution in [3.05, 3.63) is 60.8 Å². The fraction of sp³-hybridized carbons (Fsp3) is 0.136. The minimum Gasteiger partial charge on any atom is -0.497 e. The van der Waals surface area contributed by atoms with Gasteiger partial charge < -0.3 is 28.8 Å². The van der Waals surface area contributed by atoms with Crippen LogP contribution in [0.25, 0.3) is 11.5 Å². The molecule has 9 heteroatoms.